The highest BCUT2D eigenvalue weighted by atomic mass is 32.2. The number of para-hydroxylation sites is 1. The topological polar surface area (TPSA) is 51.1 Å². The van der Waals surface area contributed by atoms with E-state index < -0.39 is 0 Å². The Morgan fingerprint density at radius 3 is 2.54 bits per heavy atom. The van der Waals surface area contributed by atoms with Crippen molar-refractivity contribution >= 4 is 34.6 Å². The van der Waals surface area contributed by atoms with Crippen molar-refractivity contribution in [2.45, 2.75) is 20.3 Å². The molecule has 0 spiro atoms. The van der Waals surface area contributed by atoms with Crippen LogP contribution in [0.1, 0.15) is 25.0 Å². The number of benzene rings is 2. The summed E-state index contributed by atoms with van der Waals surface area (Å²) < 4.78 is 11.1. The number of ether oxygens (including phenoxy) is 2. The number of amidine groups is 1. The van der Waals surface area contributed by atoms with Crippen LogP contribution in [0.3, 0.4) is 0 Å². The third-order valence-corrected chi connectivity index (χ3v) is 5.44. The Morgan fingerprint density at radius 1 is 1.14 bits per heavy atom. The highest BCUT2D eigenvalue weighted by Gasteiger charge is 2.30. The van der Waals surface area contributed by atoms with Gasteiger partial charge in [0.15, 0.2) is 16.7 Å². The molecule has 3 rings (SSSR count). The molecule has 6 heteroatoms. The summed E-state index contributed by atoms with van der Waals surface area (Å²) in [5.41, 5.74) is 2.89. The molecule has 1 heterocycles. The third-order valence-electron chi connectivity index (χ3n) is 4.38. The van der Waals surface area contributed by atoms with E-state index in [1.54, 1.807) is 19.1 Å². The zero-order valence-electron chi connectivity index (χ0n) is 16.6. The molecule has 0 bridgehead atoms. The molecule has 28 heavy (non-hydrogen) atoms. The van der Waals surface area contributed by atoms with E-state index in [0.29, 0.717) is 28.2 Å². The highest BCUT2D eigenvalue weighted by Crippen LogP contribution is 2.37. The summed E-state index contributed by atoms with van der Waals surface area (Å²) in [4.78, 5) is 19.5. The largest absolute Gasteiger partial charge is 0.493 e. The van der Waals surface area contributed by atoms with Gasteiger partial charge >= 0.3 is 0 Å². The molecule has 1 aliphatic heterocycles. The molecule has 0 aromatic heterocycles. The van der Waals surface area contributed by atoms with Crippen LogP contribution >= 0.6 is 11.8 Å². The monoisotopic (exact) mass is 396 g/mol. The molecule has 0 aliphatic carbocycles. The SMILES string of the molecule is CCOc1c(/C=C2/SC(=Nc3ccc(CC)cc3)N(C)C2=O)cccc1OC. The summed E-state index contributed by atoms with van der Waals surface area (Å²) >= 11 is 1.36. The van der Waals surface area contributed by atoms with E-state index in [2.05, 4.69) is 24.0 Å². The van der Waals surface area contributed by atoms with Crippen LogP contribution in [0.2, 0.25) is 0 Å². The van der Waals surface area contributed by atoms with E-state index in [9.17, 15) is 4.79 Å². The minimum absolute atomic E-state index is 0.0841. The van der Waals surface area contributed by atoms with Gasteiger partial charge in [0, 0.05) is 12.6 Å². The van der Waals surface area contributed by atoms with Crippen molar-refractivity contribution in [1.29, 1.82) is 0 Å². The van der Waals surface area contributed by atoms with Crippen LogP contribution in [0.4, 0.5) is 5.69 Å². The normalized spacial score (nSPS) is 16.9. The van der Waals surface area contributed by atoms with Gasteiger partial charge in [-0.05, 0) is 54.9 Å². The zero-order valence-corrected chi connectivity index (χ0v) is 17.4. The number of rotatable bonds is 6. The molecule has 1 aliphatic rings. The van der Waals surface area contributed by atoms with Crippen LogP contribution in [0.15, 0.2) is 52.4 Å². The van der Waals surface area contributed by atoms with Crippen molar-refractivity contribution in [3.63, 3.8) is 0 Å². The quantitative estimate of drug-likeness (QED) is 0.653. The molecule has 0 N–H and O–H groups in total. The number of nitrogens with zero attached hydrogens (tertiary/aromatic N) is 2. The molecule has 1 amide bonds. The standard InChI is InChI=1S/C22H24N2O3S/c1-5-15-10-12-17(13-11-15)23-22-24(3)21(25)19(28-22)14-16-8-7-9-18(26-4)20(16)27-6-2/h7-14H,5-6H2,1-4H3/b19-14+,23-22?. The predicted octanol–water partition coefficient (Wildman–Crippen LogP) is 4.89. The summed E-state index contributed by atoms with van der Waals surface area (Å²) in [7, 11) is 3.34. The summed E-state index contributed by atoms with van der Waals surface area (Å²) in [6, 6.07) is 13.7. The average Bonchev–Trinajstić information content (AvgIpc) is 2.97. The van der Waals surface area contributed by atoms with E-state index in [1.165, 1.54) is 17.3 Å². The van der Waals surface area contributed by atoms with Gasteiger partial charge in [-0.25, -0.2) is 4.99 Å². The maximum Gasteiger partial charge on any atom is 0.266 e. The predicted molar refractivity (Wildman–Crippen MR) is 115 cm³/mol. The minimum atomic E-state index is -0.0841. The van der Waals surface area contributed by atoms with Gasteiger partial charge in [-0.15, -0.1) is 0 Å². The van der Waals surface area contributed by atoms with Crippen molar-refractivity contribution in [2.75, 3.05) is 20.8 Å². The maximum absolute atomic E-state index is 12.7. The number of likely N-dealkylation sites (N-methyl/N-ethyl adjacent to an activating group) is 1. The summed E-state index contributed by atoms with van der Waals surface area (Å²) in [6.45, 7) is 4.55. The lowest BCUT2D eigenvalue weighted by Gasteiger charge is -2.12. The Kier molecular flexibility index (Phi) is 6.41. The average molecular weight is 397 g/mol. The second-order valence-electron chi connectivity index (χ2n) is 6.20. The number of hydrogen-bond donors (Lipinski definition) is 0. The van der Waals surface area contributed by atoms with Gasteiger partial charge in [0.25, 0.3) is 5.91 Å². The van der Waals surface area contributed by atoms with Crippen molar-refractivity contribution in [3.05, 3.63) is 58.5 Å². The Bertz CT molecular complexity index is 920. The number of methoxy groups -OCH3 is 1. The third kappa shape index (κ3) is 4.22. The summed E-state index contributed by atoms with van der Waals surface area (Å²) in [5.74, 6) is 1.20. The smallest absolute Gasteiger partial charge is 0.266 e. The Balaban J connectivity index is 1.92. The van der Waals surface area contributed by atoms with Gasteiger partial charge in [-0.1, -0.05) is 31.2 Å². The number of aliphatic imine (C=N–C) groups is 1. The molecule has 5 nitrogen and oxygen atoms in total. The first-order chi connectivity index (χ1) is 13.6. The van der Waals surface area contributed by atoms with Gasteiger partial charge in [0.05, 0.1) is 24.3 Å². The first-order valence-electron chi connectivity index (χ1n) is 9.22. The number of thioether (sulfide) groups is 1. The highest BCUT2D eigenvalue weighted by molar-refractivity contribution is 8.18. The molecule has 2 aromatic rings. The summed E-state index contributed by atoms with van der Waals surface area (Å²) in [5, 5.41) is 0.654. The van der Waals surface area contributed by atoms with Gasteiger partial charge in [-0.3, -0.25) is 9.69 Å². The summed E-state index contributed by atoms with van der Waals surface area (Å²) in [6.07, 6.45) is 2.82. The molecular formula is C22H24N2O3S. The lowest BCUT2D eigenvalue weighted by atomic mass is 10.1. The fourth-order valence-corrected chi connectivity index (χ4v) is 3.79. The first-order valence-corrected chi connectivity index (χ1v) is 10.0. The molecule has 1 saturated heterocycles. The van der Waals surface area contributed by atoms with E-state index >= 15 is 0 Å². The number of amides is 1. The van der Waals surface area contributed by atoms with E-state index in [4.69, 9.17) is 9.47 Å². The van der Waals surface area contributed by atoms with E-state index in [1.807, 2.05) is 43.3 Å². The van der Waals surface area contributed by atoms with Gasteiger partial charge in [0.2, 0.25) is 0 Å². The number of hydrogen-bond acceptors (Lipinski definition) is 5. The first kappa shape index (κ1) is 20.0. The minimum Gasteiger partial charge on any atom is -0.493 e. The Morgan fingerprint density at radius 2 is 1.89 bits per heavy atom. The van der Waals surface area contributed by atoms with Gasteiger partial charge in [0.1, 0.15) is 0 Å². The number of aryl methyl sites for hydroxylation is 1. The number of carbonyl (C=O) groups excluding carboxylic acids is 1. The van der Waals surface area contributed by atoms with Crippen molar-refractivity contribution < 1.29 is 14.3 Å². The van der Waals surface area contributed by atoms with Crippen LogP contribution in [-0.4, -0.2) is 36.7 Å². The van der Waals surface area contributed by atoms with Crippen molar-refractivity contribution in [3.8, 4) is 11.5 Å². The van der Waals surface area contributed by atoms with Crippen molar-refractivity contribution in [1.82, 2.24) is 4.90 Å². The number of carbonyl (C=O) groups is 1. The van der Waals surface area contributed by atoms with Crippen LogP contribution < -0.4 is 9.47 Å². The van der Waals surface area contributed by atoms with Crippen LogP contribution in [0.5, 0.6) is 11.5 Å². The molecule has 0 radical (unpaired) electrons. The van der Waals surface area contributed by atoms with Crippen LogP contribution in [0, 0.1) is 0 Å². The zero-order chi connectivity index (χ0) is 20.1. The Labute approximate surface area is 170 Å². The molecule has 146 valence electrons. The Hall–Kier alpha value is -2.73. The van der Waals surface area contributed by atoms with Crippen LogP contribution in [-0.2, 0) is 11.2 Å². The van der Waals surface area contributed by atoms with Gasteiger partial charge in [-0.2, -0.15) is 0 Å². The second kappa shape index (κ2) is 8.97. The lowest BCUT2D eigenvalue weighted by Crippen LogP contribution is -2.23. The molecule has 0 unspecified atom stereocenters. The van der Waals surface area contributed by atoms with Crippen molar-refractivity contribution in [2.24, 2.45) is 4.99 Å². The molecule has 2 aromatic carbocycles. The molecule has 1 fully saturated rings. The van der Waals surface area contributed by atoms with Crippen LogP contribution in [0.25, 0.3) is 6.08 Å². The molecule has 0 saturated carbocycles. The molecular weight excluding hydrogens is 372 g/mol. The fourth-order valence-electron chi connectivity index (χ4n) is 2.82. The van der Waals surface area contributed by atoms with Gasteiger partial charge < -0.3 is 9.47 Å². The van der Waals surface area contributed by atoms with E-state index in [0.717, 1.165) is 17.7 Å². The lowest BCUT2D eigenvalue weighted by molar-refractivity contribution is -0.121. The molecule has 0 atom stereocenters. The van der Waals surface area contributed by atoms with E-state index in [-0.39, 0.29) is 5.91 Å². The maximum atomic E-state index is 12.7. The second-order valence-corrected chi connectivity index (χ2v) is 7.21. The fraction of sp³-hybridized carbons (Fsp3) is 0.273.